The Morgan fingerprint density at radius 1 is 1.29 bits per heavy atom. The number of nitrogens with one attached hydrogen (secondary N) is 1. The number of rotatable bonds is 4. The van der Waals surface area contributed by atoms with Gasteiger partial charge in [0, 0.05) is 6.04 Å². The summed E-state index contributed by atoms with van der Waals surface area (Å²) < 4.78 is 0. The molecule has 90 valence electrons. The highest BCUT2D eigenvalue weighted by atomic mass is 35.5. The number of hydrogen-bond acceptors (Lipinski definition) is 2. The molecule has 0 bridgehead atoms. The van der Waals surface area contributed by atoms with Crippen molar-refractivity contribution < 1.29 is 0 Å². The molecule has 2 aromatic rings. The van der Waals surface area contributed by atoms with Gasteiger partial charge in [-0.25, -0.2) is 0 Å². The molecule has 1 nitrogen and oxygen atoms in total. The van der Waals surface area contributed by atoms with Gasteiger partial charge in [-0.3, -0.25) is 0 Å². The van der Waals surface area contributed by atoms with Crippen LogP contribution in [-0.2, 0) is 6.42 Å². The second-order valence-electron chi connectivity index (χ2n) is 3.82. The molecule has 2 rings (SSSR count). The van der Waals surface area contributed by atoms with E-state index in [0.29, 0.717) is 10.0 Å². The van der Waals surface area contributed by atoms with Crippen molar-refractivity contribution in [1.29, 1.82) is 0 Å². The lowest BCUT2D eigenvalue weighted by Crippen LogP contribution is -2.19. The lowest BCUT2D eigenvalue weighted by molar-refractivity contribution is 0.593. The second kappa shape index (κ2) is 5.87. The lowest BCUT2D eigenvalue weighted by atomic mass is 10.0. The summed E-state index contributed by atoms with van der Waals surface area (Å²) in [6, 6.07) is 8.08. The normalized spacial score (nSPS) is 12.6. The molecule has 0 fully saturated rings. The molecule has 0 radical (unpaired) electrons. The van der Waals surface area contributed by atoms with Crippen molar-refractivity contribution in [2.75, 3.05) is 7.05 Å². The highest BCUT2D eigenvalue weighted by molar-refractivity contribution is 7.07. The van der Waals surface area contributed by atoms with Gasteiger partial charge in [0.1, 0.15) is 0 Å². The highest BCUT2D eigenvalue weighted by Crippen LogP contribution is 2.31. The predicted molar refractivity (Wildman–Crippen MR) is 76.3 cm³/mol. The molecular formula is C13H13Cl2NS. The lowest BCUT2D eigenvalue weighted by Gasteiger charge is -2.18. The molecule has 0 saturated heterocycles. The Morgan fingerprint density at radius 3 is 2.76 bits per heavy atom. The zero-order valence-electron chi connectivity index (χ0n) is 9.41. The first kappa shape index (κ1) is 12.9. The van der Waals surface area contributed by atoms with E-state index in [1.807, 2.05) is 25.2 Å². The van der Waals surface area contributed by atoms with Gasteiger partial charge in [0.15, 0.2) is 0 Å². The molecule has 4 heteroatoms. The Kier molecular flexibility index (Phi) is 4.46. The molecule has 0 saturated carbocycles. The maximum Gasteiger partial charge on any atom is 0.0640 e. The van der Waals surface area contributed by atoms with Crippen molar-refractivity contribution in [2.45, 2.75) is 12.5 Å². The largest absolute Gasteiger partial charge is 0.313 e. The molecule has 0 amide bonds. The standard InChI is InChI=1S/C13H13Cl2NS/c1-16-12(7-9-5-6-17-8-9)10-3-2-4-11(14)13(10)15/h2-6,8,12,16H,7H2,1H3. The number of likely N-dealkylation sites (N-methyl/N-ethyl adjacent to an activating group) is 1. The summed E-state index contributed by atoms with van der Waals surface area (Å²) in [5.41, 5.74) is 2.36. The van der Waals surface area contributed by atoms with E-state index < -0.39 is 0 Å². The molecule has 0 spiro atoms. The van der Waals surface area contributed by atoms with Crippen LogP contribution in [0.5, 0.6) is 0 Å². The van der Waals surface area contributed by atoms with Crippen LogP contribution in [-0.4, -0.2) is 7.05 Å². The van der Waals surface area contributed by atoms with Crippen molar-refractivity contribution in [2.24, 2.45) is 0 Å². The Hall–Kier alpha value is -0.540. The van der Waals surface area contributed by atoms with Gasteiger partial charge in [0.2, 0.25) is 0 Å². The van der Waals surface area contributed by atoms with Gasteiger partial charge in [-0.2, -0.15) is 11.3 Å². The minimum atomic E-state index is 0.191. The van der Waals surface area contributed by atoms with Gasteiger partial charge in [-0.1, -0.05) is 35.3 Å². The summed E-state index contributed by atoms with van der Waals surface area (Å²) in [6.07, 6.45) is 0.917. The van der Waals surface area contributed by atoms with Crippen molar-refractivity contribution in [3.8, 4) is 0 Å². The molecule has 0 aliphatic carbocycles. The van der Waals surface area contributed by atoms with E-state index in [2.05, 4.69) is 22.1 Å². The SMILES string of the molecule is CNC(Cc1ccsc1)c1cccc(Cl)c1Cl. The summed E-state index contributed by atoms with van der Waals surface area (Å²) in [7, 11) is 1.94. The molecule has 1 heterocycles. The second-order valence-corrected chi connectivity index (χ2v) is 5.39. The predicted octanol–water partition coefficient (Wildman–Crippen LogP) is 4.56. The minimum Gasteiger partial charge on any atom is -0.313 e. The summed E-state index contributed by atoms with van der Waals surface area (Å²) in [6.45, 7) is 0. The molecule has 1 atom stereocenters. The maximum atomic E-state index is 6.24. The molecule has 1 unspecified atom stereocenters. The van der Waals surface area contributed by atoms with E-state index >= 15 is 0 Å². The molecule has 1 aromatic heterocycles. The van der Waals surface area contributed by atoms with E-state index in [1.165, 1.54) is 5.56 Å². The van der Waals surface area contributed by atoms with Crippen molar-refractivity contribution in [3.05, 3.63) is 56.2 Å². The van der Waals surface area contributed by atoms with Gasteiger partial charge in [0.25, 0.3) is 0 Å². The maximum absolute atomic E-state index is 6.24. The first-order valence-corrected chi connectivity index (χ1v) is 7.04. The van der Waals surface area contributed by atoms with E-state index in [0.717, 1.165) is 12.0 Å². The molecule has 0 aliphatic rings. The van der Waals surface area contributed by atoms with Gasteiger partial charge >= 0.3 is 0 Å². The highest BCUT2D eigenvalue weighted by Gasteiger charge is 2.15. The molecule has 17 heavy (non-hydrogen) atoms. The third-order valence-electron chi connectivity index (χ3n) is 2.73. The van der Waals surface area contributed by atoms with Gasteiger partial charge in [-0.05, 0) is 47.5 Å². The van der Waals surface area contributed by atoms with Crippen LogP contribution >= 0.6 is 34.5 Å². The molecular weight excluding hydrogens is 273 g/mol. The van der Waals surface area contributed by atoms with Crippen LogP contribution in [0.4, 0.5) is 0 Å². The molecule has 0 aliphatic heterocycles. The number of hydrogen-bond donors (Lipinski definition) is 1. The van der Waals surface area contributed by atoms with E-state index in [1.54, 1.807) is 11.3 Å². The third kappa shape index (κ3) is 3.02. The first-order chi connectivity index (χ1) is 8.22. The Morgan fingerprint density at radius 2 is 2.12 bits per heavy atom. The van der Waals surface area contributed by atoms with Crippen LogP contribution < -0.4 is 5.32 Å². The summed E-state index contributed by atoms with van der Waals surface area (Å²) in [5, 5.41) is 8.78. The van der Waals surface area contributed by atoms with Gasteiger partial charge in [0.05, 0.1) is 10.0 Å². The molecule has 1 aromatic carbocycles. The van der Waals surface area contributed by atoms with Crippen molar-refractivity contribution in [1.82, 2.24) is 5.32 Å². The quantitative estimate of drug-likeness (QED) is 0.869. The van der Waals surface area contributed by atoms with Crippen molar-refractivity contribution in [3.63, 3.8) is 0 Å². The van der Waals surface area contributed by atoms with Gasteiger partial charge < -0.3 is 5.32 Å². The monoisotopic (exact) mass is 285 g/mol. The zero-order valence-corrected chi connectivity index (χ0v) is 11.7. The third-order valence-corrected chi connectivity index (χ3v) is 4.29. The topological polar surface area (TPSA) is 12.0 Å². The minimum absolute atomic E-state index is 0.191. The fourth-order valence-electron chi connectivity index (χ4n) is 1.80. The summed E-state index contributed by atoms with van der Waals surface area (Å²) in [5.74, 6) is 0. The van der Waals surface area contributed by atoms with Gasteiger partial charge in [-0.15, -0.1) is 0 Å². The van der Waals surface area contributed by atoms with Crippen LogP contribution in [0, 0.1) is 0 Å². The first-order valence-electron chi connectivity index (χ1n) is 5.34. The Balaban J connectivity index is 2.26. The fourth-order valence-corrected chi connectivity index (χ4v) is 2.92. The fraction of sp³-hybridized carbons (Fsp3) is 0.231. The summed E-state index contributed by atoms with van der Waals surface area (Å²) in [4.78, 5) is 0. The molecule has 1 N–H and O–H groups in total. The average molecular weight is 286 g/mol. The summed E-state index contributed by atoms with van der Waals surface area (Å²) >= 11 is 14.0. The number of thiophene rings is 1. The van der Waals surface area contributed by atoms with E-state index in [9.17, 15) is 0 Å². The van der Waals surface area contributed by atoms with E-state index in [4.69, 9.17) is 23.2 Å². The Bertz CT molecular complexity index is 482. The van der Waals surface area contributed by atoms with Crippen LogP contribution in [0.2, 0.25) is 10.0 Å². The van der Waals surface area contributed by atoms with Crippen LogP contribution in [0.25, 0.3) is 0 Å². The smallest absolute Gasteiger partial charge is 0.0640 e. The van der Waals surface area contributed by atoms with Crippen LogP contribution in [0.3, 0.4) is 0 Å². The number of halogens is 2. The van der Waals surface area contributed by atoms with E-state index in [-0.39, 0.29) is 6.04 Å². The van der Waals surface area contributed by atoms with Crippen LogP contribution in [0.1, 0.15) is 17.2 Å². The Labute approximate surface area is 115 Å². The van der Waals surface area contributed by atoms with Crippen LogP contribution in [0.15, 0.2) is 35.0 Å². The van der Waals surface area contributed by atoms with Crippen molar-refractivity contribution >= 4 is 34.5 Å². The average Bonchev–Trinajstić information content (AvgIpc) is 2.83. The zero-order chi connectivity index (χ0) is 12.3. The number of benzene rings is 1.